The van der Waals surface area contributed by atoms with Gasteiger partial charge in [-0.2, -0.15) is 0 Å². The third-order valence-electron chi connectivity index (χ3n) is 4.13. The van der Waals surface area contributed by atoms with Crippen LogP contribution in [0, 0.1) is 5.92 Å². The van der Waals surface area contributed by atoms with Crippen LogP contribution >= 0.6 is 0 Å². The van der Waals surface area contributed by atoms with Crippen LogP contribution in [0.1, 0.15) is 0 Å². The van der Waals surface area contributed by atoms with Gasteiger partial charge in [0.05, 0.1) is 31.6 Å². The van der Waals surface area contributed by atoms with Crippen LogP contribution in [0.15, 0.2) is 12.4 Å². The maximum atomic E-state index is 5.77. The lowest BCUT2D eigenvalue weighted by Crippen LogP contribution is -2.42. The van der Waals surface area contributed by atoms with Crippen molar-refractivity contribution in [2.45, 2.75) is 6.04 Å². The molecular weight excluding hydrogens is 254 g/mol. The van der Waals surface area contributed by atoms with E-state index >= 15 is 0 Å². The summed E-state index contributed by atoms with van der Waals surface area (Å²) in [7, 11) is 6.18. The van der Waals surface area contributed by atoms with E-state index in [9.17, 15) is 0 Å². The van der Waals surface area contributed by atoms with E-state index < -0.39 is 0 Å². The average molecular weight is 277 g/mol. The first-order valence-corrected chi connectivity index (χ1v) is 7.16. The first-order chi connectivity index (χ1) is 9.63. The Morgan fingerprint density at radius 1 is 1.20 bits per heavy atom. The molecule has 2 saturated heterocycles. The molecule has 0 amide bonds. The van der Waals surface area contributed by atoms with Gasteiger partial charge in [-0.05, 0) is 7.05 Å². The summed E-state index contributed by atoms with van der Waals surface area (Å²) in [6.45, 7) is 4.70. The second-order valence-corrected chi connectivity index (χ2v) is 6.03. The lowest BCUT2D eigenvalue weighted by Gasteiger charge is -2.30. The van der Waals surface area contributed by atoms with E-state index in [2.05, 4.69) is 21.8 Å². The van der Waals surface area contributed by atoms with Gasteiger partial charge in [-0.3, -0.25) is 9.88 Å². The Morgan fingerprint density at radius 2 is 2.05 bits per heavy atom. The standard InChI is InChI=1S/C14H23N5O/c1-17(2)13-4-15-5-14(16-13)19-7-11-6-18(3)12(8-19)10-20-9-11/h4-5,11-12H,6-10H2,1-3H3/t11-,12+/m1/s1. The van der Waals surface area contributed by atoms with Crippen LogP contribution in [-0.4, -0.2) is 74.9 Å². The molecule has 1 aromatic rings. The van der Waals surface area contributed by atoms with Crippen molar-refractivity contribution < 1.29 is 4.74 Å². The van der Waals surface area contributed by atoms with Gasteiger partial charge in [-0.25, -0.2) is 4.98 Å². The summed E-state index contributed by atoms with van der Waals surface area (Å²) in [6.07, 6.45) is 3.67. The molecule has 2 atom stereocenters. The summed E-state index contributed by atoms with van der Waals surface area (Å²) in [5.74, 6) is 2.42. The van der Waals surface area contributed by atoms with Crippen molar-refractivity contribution in [1.82, 2.24) is 14.9 Å². The fraction of sp³-hybridized carbons (Fsp3) is 0.714. The molecule has 20 heavy (non-hydrogen) atoms. The molecule has 0 saturated carbocycles. The molecule has 110 valence electrons. The molecule has 3 heterocycles. The first-order valence-electron chi connectivity index (χ1n) is 7.16. The van der Waals surface area contributed by atoms with Crippen LogP contribution in [0.25, 0.3) is 0 Å². The highest BCUT2D eigenvalue weighted by molar-refractivity contribution is 5.45. The van der Waals surface area contributed by atoms with E-state index in [1.807, 2.05) is 25.2 Å². The van der Waals surface area contributed by atoms with Crippen LogP contribution in [-0.2, 0) is 4.74 Å². The maximum absolute atomic E-state index is 5.77. The van der Waals surface area contributed by atoms with Gasteiger partial charge in [-0.15, -0.1) is 0 Å². The Labute approximate surface area is 120 Å². The van der Waals surface area contributed by atoms with E-state index in [0.717, 1.165) is 44.5 Å². The molecule has 6 nitrogen and oxygen atoms in total. The fourth-order valence-corrected chi connectivity index (χ4v) is 2.95. The molecule has 3 rings (SSSR count). The summed E-state index contributed by atoms with van der Waals surface area (Å²) in [4.78, 5) is 15.8. The number of likely N-dealkylation sites (N-methyl/N-ethyl adjacent to an activating group) is 1. The van der Waals surface area contributed by atoms with E-state index in [0.29, 0.717) is 12.0 Å². The minimum atomic E-state index is 0.437. The zero-order chi connectivity index (χ0) is 14.1. The Hall–Kier alpha value is -1.40. The molecule has 0 aromatic carbocycles. The number of hydrogen-bond acceptors (Lipinski definition) is 6. The van der Waals surface area contributed by atoms with Crippen LogP contribution in [0.4, 0.5) is 11.6 Å². The number of aromatic nitrogens is 2. The summed E-state index contributed by atoms with van der Waals surface area (Å²) in [5.41, 5.74) is 0. The van der Waals surface area contributed by atoms with Crippen LogP contribution in [0.5, 0.6) is 0 Å². The van der Waals surface area contributed by atoms with Crippen molar-refractivity contribution in [3.63, 3.8) is 0 Å². The minimum Gasteiger partial charge on any atom is -0.379 e. The van der Waals surface area contributed by atoms with Crippen molar-refractivity contribution in [2.24, 2.45) is 5.92 Å². The van der Waals surface area contributed by atoms with Gasteiger partial charge in [0.1, 0.15) is 11.6 Å². The number of anilines is 2. The van der Waals surface area contributed by atoms with Crippen molar-refractivity contribution in [3.8, 4) is 0 Å². The lowest BCUT2D eigenvalue weighted by atomic mass is 10.1. The van der Waals surface area contributed by atoms with Crippen molar-refractivity contribution in [1.29, 1.82) is 0 Å². The predicted molar refractivity (Wildman–Crippen MR) is 79.3 cm³/mol. The molecule has 2 aliphatic rings. The molecule has 0 N–H and O–H groups in total. The molecule has 0 unspecified atom stereocenters. The van der Waals surface area contributed by atoms with E-state index in [4.69, 9.17) is 9.72 Å². The molecule has 1 aromatic heterocycles. The molecule has 2 bridgehead atoms. The second kappa shape index (κ2) is 5.54. The third-order valence-corrected chi connectivity index (χ3v) is 4.13. The smallest absolute Gasteiger partial charge is 0.149 e. The van der Waals surface area contributed by atoms with Gasteiger partial charge < -0.3 is 14.5 Å². The highest BCUT2D eigenvalue weighted by Crippen LogP contribution is 2.23. The van der Waals surface area contributed by atoms with Crippen molar-refractivity contribution >= 4 is 11.6 Å². The average Bonchev–Trinajstić information content (AvgIpc) is 2.67. The van der Waals surface area contributed by atoms with E-state index in [1.165, 1.54) is 0 Å². The highest BCUT2D eigenvalue weighted by atomic mass is 16.5. The molecule has 0 aliphatic carbocycles. The summed E-state index contributed by atoms with van der Waals surface area (Å²) in [6, 6.07) is 0.437. The van der Waals surface area contributed by atoms with Crippen LogP contribution < -0.4 is 9.80 Å². The quantitative estimate of drug-likeness (QED) is 0.775. The predicted octanol–water partition coefficient (Wildman–Crippen LogP) is 0.309. The molecule has 2 fully saturated rings. The number of fused-ring (bicyclic) bond motifs is 3. The first kappa shape index (κ1) is 13.6. The Bertz CT molecular complexity index is 467. The molecule has 2 aliphatic heterocycles. The van der Waals surface area contributed by atoms with Gasteiger partial charge in [0, 0.05) is 39.6 Å². The molecule has 6 heteroatoms. The monoisotopic (exact) mass is 277 g/mol. The largest absolute Gasteiger partial charge is 0.379 e. The van der Waals surface area contributed by atoms with Gasteiger partial charge in [0.15, 0.2) is 0 Å². The Kier molecular flexibility index (Phi) is 3.76. The zero-order valence-corrected chi connectivity index (χ0v) is 12.5. The topological polar surface area (TPSA) is 44.7 Å². The van der Waals surface area contributed by atoms with Gasteiger partial charge >= 0.3 is 0 Å². The van der Waals surface area contributed by atoms with Gasteiger partial charge in [0.2, 0.25) is 0 Å². The summed E-state index contributed by atoms with van der Waals surface area (Å²) >= 11 is 0. The maximum Gasteiger partial charge on any atom is 0.149 e. The minimum absolute atomic E-state index is 0.437. The van der Waals surface area contributed by atoms with Gasteiger partial charge in [-0.1, -0.05) is 0 Å². The Morgan fingerprint density at radius 3 is 2.85 bits per heavy atom. The van der Waals surface area contributed by atoms with Gasteiger partial charge in [0.25, 0.3) is 0 Å². The SMILES string of the molecule is CN(C)c1cncc(N2C[C@@H]3COC[C@H](C2)N(C)C3)n1. The van der Waals surface area contributed by atoms with Crippen molar-refractivity contribution in [3.05, 3.63) is 12.4 Å². The zero-order valence-electron chi connectivity index (χ0n) is 12.5. The summed E-state index contributed by atoms with van der Waals surface area (Å²) < 4.78 is 5.77. The highest BCUT2D eigenvalue weighted by Gasteiger charge is 2.32. The second-order valence-electron chi connectivity index (χ2n) is 6.03. The van der Waals surface area contributed by atoms with E-state index in [1.54, 1.807) is 6.20 Å². The fourth-order valence-electron chi connectivity index (χ4n) is 2.95. The number of hydrogen-bond donors (Lipinski definition) is 0. The number of nitrogens with zero attached hydrogens (tertiary/aromatic N) is 5. The van der Waals surface area contributed by atoms with Crippen LogP contribution in [0.2, 0.25) is 0 Å². The number of ether oxygens (including phenoxy) is 1. The number of rotatable bonds is 2. The Balaban J connectivity index is 1.85. The summed E-state index contributed by atoms with van der Waals surface area (Å²) in [5, 5.41) is 0. The van der Waals surface area contributed by atoms with Crippen molar-refractivity contribution in [2.75, 3.05) is 63.8 Å². The normalized spacial score (nSPS) is 27.2. The molecule has 0 spiro atoms. The third kappa shape index (κ3) is 2.71. The van der Waals surface area contributed by atoms with E-state index in [-0.39, 0.29) is 0 Å². The lowest BCUT2D eigenvalue weighted by molar-refractivity contribution is 0.0930. The molecular formula is C14H23N5O. The molecule has 0 radical (unpaired) electrons. The van der Waals surface area contributed by atoms with Crippen LogP contribution in [0.3, 0.4) is 0 Å².